The Morgan fingerprint density at radius 2 is 2.04 bits per heavy atom. The van der Waals surface area contributed by atoms with E-state index >= 15 is 0 Å². The molecule has 130 valence electrons. The molecule has 0 spiro atoms. The Morgan fingerprint density at radius 1 is 1.24 bits per heavy atom. The lowest BCUT2D eigenvalue weighted by Gasteiger charge is -2.11. The topological polar surface area (TPSA) is 68.0 Å². The molecule has 1 aromatic carbocycles. The zero-order valence-corrected chi connectivity index (χ0v) is 14.3. The van der Waals surface area contributed by atoms with Crippen LogP contribution >= 0.6 is 23.1 Å². The molecule has 1 atom stereocenters. The van der Waals surface area contributed by atoms with E-state index in [4.69, 9.17) is 4.42 Å². The number of benzene rings is 1. The van der Waals surface area contributed by atoms with Gasteiger partial charge in [0.2, 0.25) is 5.91 Å². The van der Waals surface area contributed by atoms with Crippen LogP contribution in [0.25, 0.3) is 10.8 Å². The molecule has 0 saturated heterocycles. The number of rotatable bonds is 5. The van der Waals surface area contributed by atoms with Crippen LogP contribution in [-0.2, 0) is 4.79 Å². The van der Waals surface area contributed by atoms with Gasteiger partial charge in [-0.05, 0) is 30.5 Å². The Bertz CT molecular complexity index is 900. The maximum Gasteiger partial charge on any atom is 0.277 e. The minimum absolute atomic E-state index is 0.164. The number of hydrogen-bond donors (Lipinski definition) is 1. The van der Waals surface area contributed by atoms with Gasteiger partial charge in [0.25, 0.3) is 11.1 Å². The number of anilines is 1. The van der Waals surface area contributed by atoms with Gasteiger partial charge in [-0.1, -0.05) is 17.8 Å². The van der Waals surface area contributed by atoms with Gasteiger partial charge in [-0.2, -0.15) is 0 Å². The van der Waals surface area contributed by atoms with Crippen LogP contribution in [-0.4, -0.2) is 21.4 Å². The fourth-order valence-electron chi connectivity index (χ4n) is 1.82. The lowest BCUT2D eigenvalue weighted by Crippen LogP contribution is -2.23. The first-order chi connectivity index (χ1) is 12.0. The molecule has 0 bridgehead atoms. The molecule has 0 fully saturated rings. The summed E-state index contributed by atoms with van der Waals surface area (Å²) in [5.41, 5.74) is -0.443. The number of nitrogens with zero attached hydrogens (tertiary/aromatic N) is 2. The zero-order valence-electron chi connectivity index (χ0n) is 12.6. The van der Waals surface area contributed by atoms with E-state index in [0.717, 1.165) is 28.8 Å². The number of carbonyl (C=O) groups excluding carboxylic acids is 1. The molecule has 2 aromatic heterocycles. The standard InChI is InChI=1S/C15H10F3N3O2S2/c1-7(13(22)19-9-5-4-8(16)11(17)12(9)18)25-15-21-20-14(23-15)10-3-2-6-24-10/h2-7H,1H3,(H,19,22)/t7-/m1/s1. The predicted molar refractivity (Wildman–Crippen MR) is 87.9 cm³/mol. The van der Waals surface area contributed by atoms with E-state index in [1.54, 1.807) is 0 Å². The highest BCUT2D eigenvalue weighted by Crippen LogP contribution is 2.29. The van der Waals surface area contributed by atoms with E-state index in [1.165, 1.54) is 18.3 Å². The van der Waals surface area contributed by atoms with Crippen molar-refractivity contribution in [3.63, 3.8) is 0 Å². The first-order valence-corrected chi connectivity index (χ1v) is 8.70. The summed E-state index contributed by atoms with van der Waals surface area (Å²) < 4.78 is 45.1. The Morgan fingerprint density at radius 3 is 2.76 bits per heavy atom. The summed E-state index contributed by atoms with van der Waals surface area (Å²) in [5.74, 6) is -4.72. The Balaban J connectivity index is 1.66. The van der Waals surface area contributed by atoms with Gasteiger partial charge >= 0.3 is 0 Å². The molecule has 0 aliphatic heterocycles. The highest BCUT2D eigenvalue weighted by Gasteiger charge is 2.21. The third kappa shape index (κ3) is 3.85. The minimum atomic E-state index is -1.64. The number of nitrogens with one attached hydrogen (secondary N) is 1. The summed E-state index contributed by atoms with van der Waals surface area (Å²) >= 11 is 2.39. The molecule has 1 N–H and O–H groups in total. The number of carbonyl (C=O) groups is 1. The first kappa shape index (κ1) is 17.5. The third-order valence-electron chi connectivity index (χ3n) is 3.08. The van der Waals surface area contributed by atoms with Crippen molar-refractivity contribution in [1.29, 1.82) is 0 Å². The molecule has 2 heterocycles. The molecule has 0 aliphatic rings. The molecular formula is C15H10F3N3O2S2. The number of halogens is 3. The number of amides is 1. The van der Waals surface area contributed by atoms with E-state index < -0.39 is 34.3 Å². The molecule has 0 aliphatic carbocycles. The number of aromatic nitrogens is 2. The summed E-state index contributed by atoms with van der Waals surface area (Å²) in [7, 11) is 0. The van der Waals surface area contributed by atoms with Crippen LogP contribution in [0.3, 0.4) is 0 Å². The van der Waals surface area contributed by atoms with E-state index in [1.807, 2.05) is 17.5 Å². The smallest absolute Gasteiger partial charge is 0.277 e. The molecule has 3 aromatic rings. The van der Waals surface area contributed by atoms with Crippen LogP contribution in [0.1, 0.15) is 6.92 Å². The van der Waals surface area contributed by atoms with Gasteiger partial charge in [-0.3, -0.25) is 4.79 Å². The van der Waals surface area contributed by atoms with Gasteiger partial charge in [0.05, 0.1) is 15.8 Å². The van der Waals surface area contributed by atoms with Crippen molar-refractivity contribution in [2.24, 2.45) is 0 Å². The maximum atomic E-state index is 13.6. The van der Waals surface area contributed by atoms with Crippen molar-refractivity contribution < 1.29 is 22.4 Å². The predicted octanol–water partition coefficient (Wildman–Crippen LogP) is 4.33. The monoisotopic (exact) mass is 385 g/mol. The summed E-state index contributed by atoms with van der Waals surface area (Å²) in [6.45, 7) is 1.53. The largest absolute Gasteiger partial charge is 0.410 e. The van der Waals surface area contributed by atoms with Crippen LogP contribution < -0.4 is 5.32 Å². The normalized spacial score (nSPS) is 12.2. The fourth-order valence-corrected chi connectivity index (χ4v) is 3.15. The Hall–Kier alpha value is -2.33. The molecule has 0 saturated carbocycles. The summed E-state index contributed by atoms with van der Waals surface area (Å²) in [6.07, 6.45) is 0. The summed E-state index contributed by atoms with van der Waals surface area (Å²) in [5, 5.41) is 11.2. The van der Waals surface area contributed by atoms with Crippen molar-refractivity contribution in [3.8, 4) is 10.8 Å². The van der Waals surface area contributed by atoms with Crippen LogP contribution in [0.2, 0.25) is 0 Å². The highest BCUT2D eigenvalue weighted by molar-refractivity contribution is 8.00. The van der Waals surface area contributed by atoms with E-state index in [-0.39, 0.29) is 5.22 Å². The summed E-state index contributed by atoms with van der Waals surface area (Å²) in [4.78, 5) is 12.9. The second-order valence-electron chi connectivity index (χ2n) is 4.82. The number of thioether (sulfide) groups is 1. The third-order valence-corrected chi connectivity index (χ3v) is 4.87. The molecule has 5 nitrogen and oxygen atoms in total. The van der Waals surface area contributed by atoms with Crippen LogP contribution in [0.5, 0.6) is 0 Å². The molecular weight excluding hydrogens is 375 g/mol. The lowest BCUT2D eigenvalue weighted by atomic mass is 10.2. The second kappa shape index (κ2) is 7.28. The van der Waals surface area contributed by atoms with Crippen molar-refractivity contribution in [2.45, 2.75) is 17.4 Å². The quantitative estimate of drug-likeness (QED) is 0.523. The highest BCUT2D eigenvalue weighted by atomic mass is 32.2. The van der Waals surface area contributed by atoms with Crippen molar-refractivity contribution in [3.05, 3.63) is 47.1 Å². The molecule has 25 heavy (non-hydrogen) atoms. The summed E-state index contributed by atoms with van der Waals surface area (Å²) in [6, 6.07) is 5.33. The van der Waals surface area contributed by atoms with E-state index in [0.29, 0.717) is 5.89 Å². The number of thiophene rings is 1. The van der Waals surface area contributed by atoms with Crippen LogP contribution in [0, 0.1) is 17.5 Å². The minimum Gasteiger partial charge on any atom is -0.410 e. The van der Waals surface area contributed by atoms with Gasteiger partial charge in [0.1, 0.15) is 0 Å². The number of hydrogen-bond acceptors (Lipinski definition) is 6. The SMILES string of the molecule is C[C@@H](Sc1nnc(-c2cccs2)o1)C(=O)Nc1ccc(F)c(F)c1F. The average molecular weight is 385 g/mol. The Kier molecular flexibility index (Phi) is 5.09. The maximum absolute atomic E-state index is 13.6. The van der Waals surface area contributed by atoms with Crippen LogP contribution in [0.15, 0.2) is 39.3 Å². The van der Waals surface area contributed by atoms with Gasteiger partial charge in [0, 0.05) is 0 Å². The Labute approximate surface area is 148 Å². The molecule has 10 heteroatoms. The average Bonchev–Trinajstić information content (AvgIpc) is 3.26. The molecule has 1 amide bonds. The van der Waals surface area contributed by atoms with Gasteiger partial charge in [-0.15, -0.1) is 21.5 Å². The van der Waals surface area contributed by atoms with E-state index in [2.05, 4.69) is 15.5 Å². The van der Waals surface area contributed by atoms with E-state index in [9.17, 15) is 18.0 Å². The van der Waals surface area contributed by atoms with Crippen LogP contribution in [0.4, 0.5) is 18.9 Å². The van der Waals surface area contributed by atoms with Gasteiger partial charge in [0.15, 0.2) is 17.5 Å². The lowest BCUT2D eigenvalue weighted by molar-refractivity contribution is -0.115. The molecule has 0 radical (unpaired) electrons. The van der Waals surface area contributed by atoms with Gasteiger partial charge in [-0.25, -0.2) is 13.2 Å². The molecule has 3 rings (SSSR count). The molecule has 0 unspecified atom stereocenters. The zero-order chi connectivity index (χ0) is 18.0. The van der Waals surface area contributed by atoms with Crippen molar-refractivity contribution in [2.75, 3.05) is 5.32 Å². The second-order valence-corrected chi connectivity index (χ2v) is 7.06. The fraction of sp³-hybridized carbons (Fsp3) is 0.133. The van der Waals surface area contributed by atoms with Gasteiger partial charge < -0.3 is 9.73 Å². The first-order valence-electron chi connectivity index (χ1n) is 6.94. The van der Waals surface area contributed by atoms with Crippen molar-refractivity contribution in [1.82, 2.24) is 10.2 Å². The van der Waals surface area contributed by atoms with Crippen molar-refractivity contribution >= 4 is 34.7 Å².